The molecule has 0 unspecified atom stereocenters. The largest absolute Gasteiger partial charge is 0.573 e. The molecule has 0 bridgehead atoms. The molecule has 8 heteroatoms. The Labute approximate surface area is 105 Å². The van der Waals surface area contributed by atoms with E-state index in [0.29, 0.717) is 0 Å². The van der Waals surface area contributed by atoms with E-state index in [4.69, 9.17) is 5.73 Å². The zero-order valence-electron chi connectivity index (χ0n) is 9.39. The van der Waals surface area contributed by atoms with Crippen LogP contribution in [0.4, 0.5) is 19.0 Å². The van der Waals surface area contributed by atoms with E-state index in [-0.39, 0.29) is 11.5 Å². The van der Waals surface area contributed by atoms with E-state index >= 15 is 0 Å². The monoisotopic (exact) mass is 271 g/mol. The molecule has 0 saturated heterocycles. The fourth-order valence-corrected chi connectivity index (χ4v) is 1.50. The Hall–Kier alpha value is -2.51. The normalized spacial score (nSPS) is 11.3. The van der Waals surface area contributed by atoms with Crippen LogP contribution in [0.25, 0.3) is 5.69 Å². The smallest absolute Gasteiger partial charge is 0.406 e. The van der Waals surface area contributed by atoms with E-state index in [9.17, 15) is 18.0 Å². The van der Waals surface area contributed by atoms with Gasteiger partial charge in [0.25, 0.3) is 0 Å². The summed E-state index contributed by atoms with van der Waals surface area (Å²) in [4.78, 5) is 15.0. The predicted molar refractivity (Wildman–Crippen MR) is 60.9 cm³/mol. The number of nitrogen functional groups attached to an aromatic ring is 1. The van der Waals surface area contributed by atoms with Gasteiger partial charge in [0.05, 0.1) is 5.69 Å². The molecule has 2 N–H and O–H groups in total. The summed E-state index contributed by atoms with van der Waals surface area (Å²) >= 11 is 0. The quantitative estimate of drug-likeness (QED) is 0.902. The molecule has 0 fully saturated rings. The number of aromatic nitrogens is 2. The fraction of sp³-hybridized carbons (Fsp3) is 0.0909. The number of nitrogens with two attached hydrogens (primary N) is 1. The van der Waals surface area contributed by atoms with Crippen LogP contribution < -0.4 is 16.2 Å². The van der Waals surface area contributed by atoms with Crippen molar-refractivity contribution in [3.8, 4) is 11.4 Å². The zero-order chi connectivity index (χ0) is 14.0. The Morgan fingerprint density at radius 2 is 2.00 bits per heavy atom. The Morgan fingerprint density at radius 3 is 2.63 bits per heavy atom. The van der Waals surface area contributed by atoms with Crippen LogP contribution in [0.2, 0.25) is 0 Å². The van der Waals surface area contributed by atoms with Gasteiger partial charge in [-0.25, -0.2) is 14.3 Å². The number of hydrogen-bond acceptors (Lipinski definition) is 4. The van der Waals surface area contributed by atoms with Gasteiger partial charge in [-0.1, -0.05) is 6.07 Å². The molecule has 1 aromatic carbocycles. The second-order valence-electron chi connectivity index (χ2n) is 3.53. The van der Waals surface area contributed by atoms with E-state index in [1.807, 2.05) is 0 Å². The molecule has 1 heterocycles. The molecule has 1 aromatic heterocycles. The van der Waals surface area contributed by atoms with Crippen LogP contribution in [-0.2, 0) is 0 Å². The molecule has 0 aliphatic rings. The third kappa shape index (κ3) is 3.03. The van der Waals surface area contributed by atoms with E-state index < -0.39 is 17.8 Å². The van der Waals surface area contributed by atoms with Gasteiger partial charge >= 0.3 is 12.1 Å². The van der Waals surface area contributed by atoms with Crippen LogP contribution in [0.5, 0.6) is 5.75 Å². The summed E-state index contributed by atoms with van der Waals surface area (Å²) in [5.74, 6) is -0.385. The van der Waals surface area contributed by atoms with Crippen molar-refractivity contribution in [3.63, 3.8) is 0 Å². The van der Waals surface area contributed by atoms with Crippen molar-refractivity contribution >= 4 is 5.82 Å². The molecule has 0 amide bonds. The zero-order valence-corrected chi connectivity index (χ0v) is 9.39. The lowest BCUT2D eigenvalue weighted by molar-refractivity contribution is -0.274. The number of anilines is 1. The number of halogens is 3. The van der Waals surface area contributed by atoms with Crippen molar-refractivity contribution in [1.29, 1.82) is 0 Å². The number of hydrogen-bond donors (Lipinski definition) is 1. The van der Waals surface area contributed by atoms with Gasteiger partial charge in [0.2, 0.25) is 0 Å². The van der Waals surface area contributed by atoms with Gasteiger partial charge in [-0.2, -0.15) is 0 Å². The molecule has 0 saturated carbocycles. The topological polar surface area (TPSA) is 70.1 Å². The number of rotatable bonds is 2. The first-order chi connectivity index (χ1) is 8.87. The van der Waals surface area contributed by atoms with Gasteiger partial charge in [0.1, 0.15) is 11.6 Å². The van der Waals surface area contributed by atoms with Crippen LogP contribution in [0, 0.1) is 0 Å². The number of benzene rings is 1. The highest BCUT2D eigenvalue weighted by molar-refractivity contribution is 5.45. The fourth-order valence-electron chi connectivity index (χ4n) is 1.50. The van der Waals surface area contributed by atoms with Gasteiger partial charge in [0.15, 0.2) is 0 Å². The van der Waals surface area contributed by atoms with Crippen LogP contribution in [0.3, 0.4) is 0 Å². The average molecular weight is 271 g/mol. The van der Waals surface area contributed by atoms with Crippen LogP contribution in [-0.4, -0.2) is 15.9 Å². The highest BCUT2D eigenvalue weighted by Gasteiger charge is 2.31. The van der Waals surface area contributed by atoms with E-state index in [1.54, 1.807) is 0 Å². The SMILES string of the molecule is Nc1ccnc(=O)n1-c1cccc(OC(F)(F)F)c1. The minimum Gasteiger partial charge on any atom is -0.406 e. The van der Waals surface area contributed by atoms with Crippen LogP contribution in [0.15, 0.2) is 41.3 Å². The summed E-state index contributed by atoms with van der Waals surface area (Å²) < 4.78 is 41.1. The Kier molecular flexibility index (Phi) is 3.16. The summed E-state index contributed by atoms with van der Waals surface area (Å²) in [5.41, 5.74) is 5.04. The lowest BCUT2D eigenvalue weighted by Gasteiger charge is -2.12. The summed E-state index contributed by atoms with van der Waals surface area (Å²) in [6.45, 7) is 0. The molecule has 2 rings (SSSR count). The highest BCUT2D eigenvalue weighted by Crippen LogP contribution is 2.24. The predicted octanol–water partition coefficient (Wildman–Crippen LogP) is 1.71. The Bertz CT molecular complexity index is 652. The van der Waals surface area contributed by atoms with Crippen molar-refractivity contribution in [2.75, 3.05) is 5.73 Å². The summed E-state index contributed by atoms with van der Waals surface area (Å²) in [5, 5.41) is 0. The molecule has 0 aliphatic heterocycles. The molecular weight excluding hydrogens is 263 g/mol. The lowest BCUT2D eigenvalue weighted by atomic mass is 10.3. The molecule has 0 aliphatic carbocycles. The second-order valence-corrected chi connectivity index (χ2v) is 3.53. The standard InChI is InChI=1S/C11H8F3N3O2/c12-11(13,14)19-8-3-1-2-7(6-8)17-9(15)4-5-16-10(17)18/h1-6H,15H2. The molecule has 100 valence electrons. The van der Waals surface area contributed by atoms with Crippen molar-refractivity contribution in [2.24, 2.45) is 0 Å². The molecule has 0 radical (unpaired) electrons. The molecule has 19 heavy (non-hydrogen) atoms. The highest BCUT2D eigenvalue weighted by atomic mass is 19.4. The molecule has 0 spiro atoms. The minimum absolute atomic E-state index is 0.0594. The van der Waals surface area contributed by atoms with Crippen molar-refractivity contribution in [3.05, 3.63) is 47.0 Å². The average Bonchev–Trinajstić information content (AvgIpc) is 2.26. The second kappa shape index (κ2) is 4.63. The maximum Gasteiger partial charge on any atom is 0.573 e. The van der Waals surface area contributed by atoms with Crippen LogP contribution in [0.1, 0.15) is 0 Å². The molecule has 2 aromatic rings. The molecular formula is C11H8F3N3O2. The van der Waals surface area contributed by atoms with Crippen molar-refractivity contribution < 1.29 is 17.9 Å². The maximum absolute atomic E-state index is 12.1. The first-order valence-electron chi connectivity index (χ1n) is 5.06. The lowest BCUT2D eigenvalue weighted by Crippen LogP contribution is -2.23. The number of ether oxygens (including phenoxy) is 1. The summed E-state index contributed by atoms with van der Waals surface area (Å²) in [6.07, 6.45) is -3.59. The first kappa shape index (κ1) is 12.9. The summed E-state index contributed by atoms with van der Waals surface area (Å²) in [6, 6.07) is 6.26. The molecule has 0 atom stereocenters. The third-order valence-corrected chi connectivity index (χ3v) is 2.19. The van der Waals surface area contributed by atoms with Gasteiger partial charge in [-0.3, -0.25) is 0 Å². The number of alkyl halides is 3. The molecule has 5 nitrogen and oxygen atoms in total. The maximum atomic E-state index is 12.1. The van der Waals surface area contributed by atoms with Gasteiger partial charge in [-0.05, 0) is 18.2 Å². The number of nitrogens with zero attached hydrogens (tertiary/aromatic N) is 2. The van der Waals surface area contributed by atoms with Gasteiger partial charge < -0.3 is 10.5 Å². The summed E-state index contributed by atoms with van der Waals surface area (Å²) in [7, 11) is 0. The Balaban J connectivity index is 2.47. The third-order valence-electron chi connectivity index (χ3n) is 2.19. The first-order valence-corrected chi connectivity index (χ1v) is 5.06. The van der Waals surface area contributed by atoms with E-state index in [2.05, 4.69) is 9.72 Å². The van der Waals surface area contributed by atoms with Crippen molar-refractivity contribution in [2.45, 2.75) is 6.36 Å². The van der Waals surface area contributed by atoms with Crippen LogP contribution >= 0.6 is 0 Å². The van der Waals surface area contributed by atoms with E-state index in [0.717, 1.165) is 16.7 Å². The minimum atomic E-state index is -4.80. The van der Waals surface area contributed by atoms with E-state index in [1.165, 1.54) is 24.4 Å². The Morgan fingerprint density at radius 1 is 1.26 bits per heavy atom. The van der Waals surface area contributed by atoms with Gasteiger partial charge in [0, 0.05) is 12.3 Å². The van der Waals surface area contributed by atoms with Gasteiger partial charge in [-0.15, -0.1) is 13.2 Å². The van der Waals surface area contributed by atoms with Crippen molar-refractivity contribution in [1.82, 2.24) is 9.55 Å².